The van der Waals surface area contributed by atoms with Crippen LogP contribution in [0.2, 0.25) is 0 Å². The molecule has 2 heterocycles. The Labute approximate surface area is 121 Å². The molecule has 6 heteroatoms. The Morgan fingerprint density at radius 1 is 1.20 bits per heavy atom. The fourth-order valence-electron chi connectivity index (χ4n) is 2.00. The summed E-state index contributed by atoms with van der Waals surface area (Å²) in [5, 5.41) is 1.04. The molecule has 102 valence electrons. The molecule has 0 amide bonds. The van der Waals surface area contributed by atoms with Gasteiger partial charge in [0.1, 0.15) is 16.9 Å². The van der Waals surface area contributed by atoms with Crippen LogP contribution in [0.15, 0.2) is 41.9 Å². The number of nitrogens with one attached hydrogen (secondary N) is 1. The normalized spacial score (nSPS) is 12.7. The van der Waals surface area contributed by atoms with Crippen molar-refractivity contribution in [2.75, 3.05) is 6.54 Å². The van der Waals surface area contributed by atoms with Gasteiger partial charge in [-0.1, -0.05) is 41.6 Å². The zero-order valence-corrected chi connectivity index (χ0v) is 11.9. The molecule has 1 aromatic carbocycles. The molecule has 0 aliphatic carbocycles. The molecule has 0 saturated heterocycles. The summed E-state index contributed by atoms with van der Waals surface area (Å²) < 4.78 is 0. The fourth-order valence-corrected chi connectivity index (χ4v) is 3.04. The van der Waals surface area contributed by atoms with Crippen molar-refractivity contribution in [2.45, 2.75) is 17.2 Å². The third-order valence-electron chi connectivity index (χ3n) is 3.11. The number of hydrogen-bond acceptors (Lipinski definition) is 5. The van der Waals surface area contributed by atoms with Crippen molar-refractivity contribution in [3.8, 4) is 0 Å². The highest BCUT2D eigenvalue weighted by atomic mass is 32.2. The minimum atomic E-state index is 0.164. The van der Waals surface area contributed by atoms with Crippen molar-refractivity contribution in [1.82, 2.24) is 19.9 Å². The van der Waals surface area contributed by atoms with Crippen LogP contribution in [0.4, 0.5) is 0 Å². The van der Waals surface area contributed by atoms with E-state index in [0.717, 1.165) is 10.5 Å². The van der Waals surface area contributed by atoms with Crippen molar-refractivity contribution < 1.29 is 0 Å². The number of H-pyrrole nitrogens is 1. The average Bonchev–Trinajstić information content (AvgIpc) is 2.95. The predicted molar refractivity (Wildman–Crippen MR) is 80.5 cm³/mol. The molecule has 1 unspecified atom stereocenters. The van der Waals surface area contributed by atoms with Crippen molar-refractivity contribution in [2.24, 2.45) is 5.73 Å². The maximum Gasteiger partial charge on any atom is 0.181 e. The summed E-state index contributed by atoms with van der Waals surface area (Å²) in [6.45, 7) is 2.63. The Kier molecular flexibility index (Phi) is 3.66. The molecule has 3 N–H and O–H groups in total. The van der Waals surface area contributed by atoms with E-state index in [2.05, 4.69) is 51.1 Å². The topological polar surface area (TPSA) is 80.5 Å². The van der Waals surface area contributed by atoms with Crippen LogP contribution in [0.1, 0.15) is 16.4 Å². The Balaban J connectivity index is 1.91. The molecular formula is C14H15N5S. The quantitative estimate of drug-likeness (QED) is 0.568. The van der Waals surface area contributed by atoms with Crippen LogP contribution in [0.3, 0.4) is 0 Å². The van der Waals surface area contributed by atoms with Crippen molar-refractivity contribution >= 4 is 22.9 Å². The molecule has 0 bridgehead atoms. The van der Waals surface area contributed by atoms with Crippen LogP contribution in [-0.2, 0) is 0 Å². The molecule has 0 saturated carbocycles. The van der Waals surface area contributed by atoms with Crippen LogP contribution >= 0.6 is 11.8 Å². The summed E-state index contributed by atoms with van der Waals surface area (Å²) in [4.78, 5) is 15.7. The van der Waals surface area contributed by atoms with E-state index < -0.39 is 0 Å². The molecule has 20 heavy (non-hydrogen) atoms. The summed E-state index contributed by atoms with van der Waals surface area (Å²) in [7, 11) is 0. The van der Waals surface area contributed by atoms with Gasteiger partial charge in [-0.15, -0.1) is 0 Å². The van der Waals surface area contributed by atoms with Gasteiger partial charge in [-0.25, -0.2) is 15.0 Å². The largest absolute Gasteiger partial charge is 0.341 e. The minimum absolute atomic E-state index is 0.164. The molecule has 2 aromatic heterocycles. The number of aromatic nitrogens is 4. The van der Waals surface area contributed by atoms with Gasteiger partial charge in [-0.2, -0.15) is 0 Å². The lowest BCUT2D eigenvalue weighted by atomic mass is 10.1. The first-order chi connectivity index (χ1) is 9.78. The van der Waals surface area contributed by atoms with Gasteiger partial charge in [-0.3, -0.25) is 0 Å². The molecule has 3 rings (SSSR count). The van der Waals surface area contributed by atoms with Gasteiger partial charge in [-0.05, 0) is 12.5 Å². The van der Waals surface area contributed by atoms with E-state index in [1.807, 2.05) is 0 Å². The highest BCUT2D eigenvalue weighted by molar-refractivity contribution is 7.99. The number of fused-ring (bicyclic) bond motifs is 1. The van der Waals surface area contributed by atoms with Gasteiger partial charge in [0.15, 0.2) is 5.65 Å². The second-order valence-electron chi connectivity index (χ2n) is 4.53. The van der Waals surface area contributed by atoms with E-state index in [1.165, 1.54) is 17.5 Å². The van der Waals surface area contributed by atoms with Crippen molar-refractivity contribution in [1.29, 1.82) is 0 Å². The molecule has 1 atom stereocenters. The highest BCUT2D eigenvalue weighted by Gasteiger charge is 2.15. The monoisotopic (exact) mass is 285 g/mol. The molecule has 0 radical (unpaired) electrons. The fraction of sp³-hybridized carbons (Fsp3) is 0.214. The second-order valence-corrected chi connectivity index (χ2v) is 5.72. The van der Waals surface area contributed by atoms with E-state index in [4.69, 9.17) is 5.73 Å². The zero-order valence-electron chi connectivity index (χ0n) is 11.1. The Morgan fingerprint density at radius 3 is 2.75 bits per heavy atom. The molecule has 0 aliphatic rings. The van der Waals surface area contributed by atoms with Crippen LogP contribution < -0.4 is 5.73 Å². The van der Waals surface area contributed by atoms with E-state index >= 15 is 0 Å². The van der Waals surface area contributed by atoms with Gasteiger partial charge < -0.3 is 10.7 Å². The smallest absolute Gasteiger partial charge is 0.181 e. The maximum absolute atomic E-state index is 5.92. The summed E-state index contributed by atoms with van der Waals surface area (Å²) in [5.74, 6) is 0. The first-order valence-corrected chi connectivity index (χ1v) is 7.23. The lowest BCUT2D eigenvalue weighted by Crippen LogP contribution is -2.09. The zero-order chi connectivity index (χ0) is 13.9. The van der Waals surface area contributed by atoms with Gasteiger partial charge >= 0.3 is 0 Å². The number of aryl methyl sites for hydroxylation is 1. The molecule has 5 nitrogen and oxygen atoms in total. The summed E-state index contributed by atoms with van der Waals surface area (Å²) in [6.07, 6.45) is 3.17. The minimum Gasteiger partial charge on any atom is -0.341 e. The summed E-state index contributed by atoms with van der Waals surface area (Å²) >= 11 is 1.63. The lowest BCUT2D eigenvalue weighted by molar-refractivity contribution is 0.933. The van der Waals surface area contributed by atoms with E-state index in [1.54, 1.807) is 18.1 Å². The molecule has 0 spiro atoms. The van der Waals surface area contributed by atoms with Crippen molar-refractivity contribution in [3.05, 3.63) is 48.0 Å². The number of benzene rings is 1. The molecule has 3 aromatic rings. The summed E-state index contributed by atoms with van der Waals surface area (Å²) in [5.41, 5.74) is 9.91. The maximum atomic E-state index is 5.92. The first kappa shape index (κ1) is 13.1. The van der Waals surface area contributed by atoms with Gasteiger partial charge in [0, 0.05) is 11.8 Å². The third kappa shape index (κ3) is 2.52. The second kappa shape index (κ2) is 5.60. The number of hydrogen-bond donors (Lipinski definition) is 2. The molecule has 0 fully saturated rings. The summed E-state index contributed by atoms with van der Waals surface area (Å²) in [6, 6.07) is 8.44. The van der Waals surface area contributed by atoms with Crippen LogP contribution in [0.5, 0.6) is 0 Å². The SMILES string of the molecule is Cc1ccc(C(CN)Sc2ncnc3nc[nH]c23)cc1. The predicted octanol–water partition coefficient (Wildman–Crippen LogP) is 2.45. The highest BCUT2D eigenvalue weighted by Crippen LogP contribution is 2.35. The number of imidazole rings is 1. The average molecular weight is 285 g/mol. The van der Waals surface area contributed by atoms with E-state index in [0.29, 0.717) is 12.2 Å². The number of nitrogens with zero attached hydrogens (tertiary/aromatic N) is 3. The van der Waals surface area contributed by atoms with Gasteiger partial charge in [0.05, 0.1) is 6.33 Å². The van der Waals surface area contributed by atoms with E-state index in [-0.39, 0.29) is 5.25 Å². The van der Waals surface area contributed by atoms with Crippen LogP contribution in [0, 0.1) is 6.92 Å². The van der Waals surface area contributed by atoms with Crippen LogP contribution in [0.25, 0.3) is 11.2 Å². The first-order valence-electron chi connectivity index (χ1n) is 6.35. The Bertz CT molecular complexity index is 707. The van der Waals surface area contributed by atoms with Gasteiger partial charge in [0.25, 0.3) is 0 Å². The molecular weight excluding hydrogens is 270 g/mol. The standard InChI is InChI=1S/C14H15N5S/c1-9-2-4-10(5-3-9)11(6-15)20-14-12-13(17-7-16-12)18-8-19-14/h2-5,7-8,11H,6,15H2,1H3,(H,16,17,18,19). The molecule has 0 aliphatic heterocycles. The van der Waals surface area contributed by atoms with Crippen LogP contribution in [-0.4, -0.2) is 26.5 Å². The van der Waals surface area contributed by atoms with Crippen molar-refractivity contribution in [3.63, 3.8) is 0 Å². The lowest BCUT2D eigenvalue weighted by Gasteiger charge is -2.14. The number of nitrogens with two attached hydrogens (primary N) is 1. The number of aromatic amines is 1. The van der Waals surface area contributed by atoms with Gasteiger partial charge in [0.2, 0.25) is 0 Å². The Morgan fingerprint density at radius 2 is 2.00 bits per heavy atom. The third-order valence-corrected chi connectivity index (χ3v) is 4.39. The number of rotatable bonds is 4. The van der Waals surface area contributed by atoms with E-state index in [9.17, 15) is 0 Å². The Hall–Kier alpha value is -1.92. The number of thioether (sulfide) groups is 1.